The Bertz CT molecular complexity index is 498. The summed E-state index contributed by atoms with van der Waals surface area (Å²) in [6, 6.07) is 7.25. The summed E-state index contributed by atoms with van der Waals surface area (Å²) >= 11 is 0. The number of anilines is 1. The van der Waals surface area contributed by atoms with Crippen molar-refractivity contribution in [1.29, 1.82) is 0 Å². The number of nitrogens with two attached hydrogens (primary N) is 1. The minimum absolute atomic E-state index is 0.297. The Labute approximate surface area is 122 Å². The summed E-state index contributed by atoms with van der Waals surface area (Å²) in [6.07, 6.45) is 0.773. The van der Waals surface area contributed by atoms with Crippen LogP contribution in [0.4, 0.5) is 5.69 Å². The van der Waals surface area contributed by atoms with Crippen molar-refractivity contribution in [2.45, 2.75) is 38.1 Å². The molecule has 0 heterocycles. The Hall–Kier alpha value is -1.11. The number of nitrogens with zero attached hydrogens (tertiary/aromatic N) is 1. The summed E-state index contributed by atoms with van der Waals surface area (Å²) < 4.78 is 26.5. The highest BCUT2D eigenvalue weighted by Crippen LogP contribution is 2.19. The second-order valence-electron chi connectivity index (χ2n) is 4.97. The van der Waals surface area contributed by atoms with Gasteiger partial charge in [-0.2, -0.15) is 0 Å². The largest absolute Gasteiger partial charge is 0.368 e. The first-order valence-corrected chi connectivity index (χ1v) is 8.47. The van der Waals surface area contributed by atoms with E-state index in [-0.39, 0.29) is 0 Å². The maximum Gasteiger partial charge on any atom is 0.240 e. The van der Waals surface area contributed by atoms with Gasteiger partial charge in [-0.3, -0.25) is 0 Å². The molecule has 0 aliphatic heterocycles. The molecule has 0 amide bonds. The normalized spacial score (nSPS) is 11.8. The Balaban J connectivity index is 2.92. The van der Waals surface area contributed by atoms with Crippen LogP contribution in [0.5, 0.6) is 0 Å². The van der Waals surface area contributed by atoms with Crippen LogP contribution < -0.4 is 15.4 Å². The highest BCUT2D eigenvalue weighted by Gasteiger charge is 2.14. The summed E-state index contributed by atoms with van der Waals surface area (Å²) in [5.41, 5.74) is 6.60. The number of benzene rings is 1. The van der Waals surface area contributed by atoms with Crippen molar-refractivity contribution in [3.63, 3.8) is 0 Å². The lowest BCUT2D eigenvalue weighted by Gasteiger charge is -2.28. The van der Waals surface area contributed by atoms with E-state index in [1.807, 2.05) is 19.1 Å². The van der Waals surface area contributed by atoms with E-state index < -0.39 is 10.0 Å². The van der Waals surface area contributed by atoms with Crippen molar-refractivity contribution in [3.8, 4) is 0 Å². The molecule has 0 bridgehead atoms. The molecule has 0 aromatic heterocycles. The predicted octanol–water partition coefficient (Wildman–Crippen LogP) is 1.55. The quantitative estimate of drug-likeness (QED) is 0.763. The SMILES string of the molecule is CCCNS(=O)(=O)c1ccc(N(CCN)C(C)C)cc1. The van der Waals surface area contributed by atoms with Gasteiger partial charge >= 0.3 is 0 Å². The molecule has 114 valence electrons. The lowest BCUT2D eigenvalue weighted by Crippen LogP contribution is -2.35. The first kappa shape index (κ1) is 16.9. The minimum Gasteiger partial charge on any atom is -0.368 e. The number of hydrogen-bond donors (Lipinski definition) is 2. The van der Waals surface area contributed by atoms with Gasteiger partial charge in [0.25, 0.3) is 0 Å². The molecule has 0 atom stereocenters. The summed E-state index contributed by atoms with van der Waals surface area (Å²) in [6.45, 7) is 7.87. The van der Waals surface area contributed by atoms with Crippen molar-refractivity contribution >= 4 is 15.7 Å². The first-order valence-electron chi connectivity index (χ1n) is 6.98. The molecule has 1 aromatic rings. The Morgan fingerprint density at radius 2 is 1.85 bits per heavy atom. The van der Waals surface area contributed by atoms with Crippen LogP contribution in [0.25, 0.3) is 0 Å². The zero-order chi connectivity index (χ0) is 15.2. The van der Waals surface area contributed by atoms with Crippen molar-refractivity contribution in [1.82, 2.24) is 4.72 Å². The predicted molar refractivity (Wildman–Crippen MR) is 83.5 cm³/mol. The number of nitrogens with one attached hydrogen (secondary N) is 1. The Morgan fingerprint density at radius 1 is 1.25 bits per heavy atom. The molecule has 1 rings (SSSR count). The van der Waals surface area contributed by atoms with E-state index in [0.29, 0.717) is 24.0 Å². The number of rotatable bonds is 8. The second-order valence-corrected chi connectivity index (χ2v) is 6.73. The van der Waals surface area contributed by atoms with Gasteiger partial charge in [0.05, 0.1) is 4.90 Å². The maximum atomic E-state index is 12.0. The van der Waals surface area contributed by atoms with Crippen LogP contribution in [-0.4, -0.2) is 34.1 Å². The summed E-state index contributed by atoms with van der Waals surface area (Å²) in [7, 11) is -3.39. The van der Waals surface area contributed by atoms with Crippen LogP contribution in [0, 0.1) is 0 Å². The zero-order valence-electron chi connectivity index (χ0n) is 12.5. The van der Waals surface area contributed by atoms with Crippen LogP contribution in [-0.2, 0) is 10.0 Å². The van der Waals surface area contributed by atoms with E-state index in [0.717, 1.165) is 18.7 Å². The van der Waals surface area contributed by atoms with E-state index in [2.05, 4.69) is 23.5 Å². The molecule has 0 fully saturated rings. The van der Waals surface area contributed by atoms with Crippen molar-refractivity contribution < 1.29 is 8.42 Å². The van der Waals surface area contributed by atoms with Gasteiger partial charge in [0.1, 0.15) is 0 Å². The average Bonchev–Trinajstić information content (AvgIpc) is 2.42. The molecule has 5 nitrogen and oxygen atoms in total. The molecule has 1 aromatic carbocycles. The summed E-state index contributed by atoms with van der Waals surface area (Å²) in [4.78, 5) is 2.45. The highest BCUT2D eigenvalue weighted by molar-refractivity contribution is 7.89. The lowest BCUT2D eigenvalue weighted by molar-refractivity contribution is 0.581. The maximum absolute atomic E-state index is 12.0. The van der Waals surface area contributed by atoms with Gasteiger partial charge in [-0.1, -0.05) is 6.92 Å². The van der Waals surface area contributed by atoms with Crippen LogP contribution in [0.1, 0.15) is 27.2 Å². The monoisotopic (exact) mass is 299 g/mol. The Kier molecular flexibility index (Phi) is 6.45. The highest BCUT2D eigenvalue weighted by atomic mass is 32.2. The molecule has 0 radical (unpaired) electrons. The fraction of sp³-hybridized carbons (Fsp3) is 0.571. The molecule has 0 aliphatic carbocycles. The fourth-order valence-electron chi connectivity index (χ4n) is 1.96. The standard InChI is InChI=1S/C14H25N3O2S/c1-4-10-16-20(18,19)14-7-5-13(6-8-14)17(11-9-15)12(2)3/h5-8,12,16H,4,9-11,15H2,1-3H3. The van der Waals surface area contributed by atoms with Gasteiger partial charge < -0.3 is 10.6 Å². The molecule has 3 N–H and O–H groups in total. The fourth-order valence-corrected chi connectivity index (χ4v) is 3.09. The minimum atomic E-state index is -3.39. The van der Waals surface area contributed by atoms with E-state index in [1.54, 1.807) is 12.1 Å². The van der Waals surface area contributed by atoms with Crippen LogP contribution >= 0.6 is 0 Å². The Morgan fingerprint density at radius 3 is 2.30 bits per heavy atom. The van der Waals surface area contributed by atoms with Gasteiger partial charge in [-0.15, -0.1) is 0 Å². The van der Waals surface area contributed by atoms with Crippen LogP contribution in [0.2, 0.25) is 0 Å². The molecule has 0 spiro atoms. The third kappa shape index (κ3) is 4.47. The van der Waals surface area contributed by atoms with E-state index >= 15 is 0 Å². The van der Waals surface area contributed by atoms with Gasteiger partial charge in [0.15, 0.2) is 0 Å². The molecular formula is C14H25N3O2S. The molecule has 20 heavy (non-hydrogen) atoms. The zero-order valence-corrected chi connectivity index (χ0v) is 13.3. The topological polar surface area (TPSA) is 75.4 Å². The average molecular weight is 299 g/mol. The van der Waals surface area contributed by atoms with E-state index in [1.165, 1.54) is 0 Å². The van der Waals surface area contributed by atoms with Crippen LogP contribution in [0.15, 0.2) is 29.2 Å². The third-order valence-electron chi connectivity index (χ3n) is 3.01. The number of sulfonamides is 1. The van der Waals surface area contributed by atoms with Gasteiger partial charge in [0.2, 0.25) is 10.0 Å². The summed E-state index contributed by atoms with van der Waals surface area (Å²) in [5.74, 6) is 0. The smallest absolute Gasteiger partial charge is 0.240 e. The molecule has 0 unspecified atom stereocenters. The van der Waals surface area contributed by atoms with Crippen molar-refractivity contribution in [2.75, 3.05) is 24.5 Å². The van der Waals surface area contributed by atoms with Crippen LogP contribution in [0.3, 0.4) is 0 Å². The molecule has 0 saturated carbocycles. The molecule has 0 saturated heterocycles. The molecule has 6 heteroatoms. The summed E-state index contributed by atoms with van der Waals surface area (Å²) in [5, 5.41) is 0. The van der Waals surface area contributed by atoms with Gasteiger partial charge in [0, 0.05) is 31.4 Å². The second kappa shape index (κ2) is 7.61. The van der Waals surface area contributed by atoms with E-state index in [4.69, 9.17) is 5.73 Å². The van der Waals surface area contributed by atoms with Crippen molar-refractivity contribution in [2.24, 2.45) is 5.73 Å². The van der Waals surface area contributed by atoms with Gasteiger partial charge in [-0.05, 0) is 44.5 Å². The molecule has 0 aliphatic rings. The van der Waals surface area contributed by atoms with E-state index in [9.17, 15) is 8.42 Å². The van der Waals surface area contributed by atoms with Crippen molar-refractivity contribution in [3.05, 3.63) is 24.3 Å². The molecular weight excluding hydrogens is 274 g/mol. The third-order valence-corrected chi connectivity index (χ3v) is 4.49. The van der Waals surface area contributed by atoms with Gasteiger partial charge in [-0.25, -0.2) is 13.1 Å². The number of hydrogen-bond acceptors (Lipinski definition) is 4. The first-order chi connectivity index (χ1) is 9.42. The lowest BCUT2D eigenvalue weighted by atomic mass is 10.2.